The van der Waals surface area contributed by atoms with Crippen LogP contribution in [-0.4, -0.2) is 29.9 Å². The first kappa shape index (κ1) is 14.5. The molecule has 0 spiro atoms. The fourth-order valence-corrected chi connectivity index (χ4v) is 2.94. The van der Waals surface area contributed by atoms with E-state index in [1.54, 1.807) is 36.4 Å². The Morgan fingerprint density at radius 1 is 1.14 bits per heavy atom. The molecule has 6 heteroatoms. The summed E-state index contributed by atoms with van der Waals surface area (Å²) in [4.78, 5) is 35.0. The van der Waals surface area contributed by atoms with E-state index in [9.17, 15) is 19.5 Å². The van der Waals surface area contributed by atoms with Crippen molar-refractivity contribution in [2.24, 2.45) is 11.8 Å². The van der Waals surface area contributed by atoms with Crippen LogP contribution in [0.25, 0.3) is 0 Å². The lowest BCUT2D eigenvalue weighted by Crippen LogP contribution is -2.45. The summed E-state index contributed by atoms with van der Waals surface area (Å²) in [5.74, 6) is -3.69. The summed E-state index contributed by atoms with van der Waals surface area (Å²) in [5.41, 5.74) is 0.917. The SMILES string of the molecule is CC(=O)c1cccc(NC(=O)[C@@H]2[C@@H](C(=O)[O-])[C@@H]3C=C[C@H]2O3)c1. The van der Waals surface area contributed by atoms with Gasteiger partial charge in [0.25, 0.3) is 0 Å². The molecule has 0 saturated carbocycles. The number of benzene rings is 1. The fourth-order valence-electron chi connectivity index (χ4n) is 2.94. The van der Waals surface area contributed by atoms with Gasteiger partial charge < -0.3 is 20.0 Å². The van der Waals surface area contributed by atoms with E-state index in [0.29, 0.717) is 11.3 Å². The summed E-state index contributed by atoms with van der Waals surface area (Å²) in [7, 11) is 0. The second kappa shape index (κ2) is 5.38. The molecule has 2 aliphatic rings. The van der Waals surface area contributed by atoms with Crippen molar-refractivity contribution in [2.45, 2.75) is 19.1 Å². The summed E-state index contributed by atoms with van der Waals surface area (Å²) in [6.07, 6.45) is 2.17. The largest absolute Gasteiger partial charge is 0.550 e. The van der Waals surface area contributed by atoms with Gasteiger partial charge >= 0.3 is 0 Å². The Hall–Kier alpha value is -2.47. The van der Waals surface area contributed by atoms with Crippen LogP contribution in [0.5, 0.6) is 0 Å². The summed E-state index contributed by atoms with van der Waals surface area (Å²) in [6, 6.07) is 6.49. The van der Waals surface area contributed by atoms with Crippen molar-refractivity contribution >= 4 is 23.3 Å². The standard InChI is InChI=1S/C16H15NO5/c1-8(18)9-3-2-4-10(7-9)17-15(19)13-11-5-6-12(22-11)14(13)16(20)21/h2-7,11-14H,1H3,(H,17,19)(H,20,21)/p-1/t11-,12+,13+,14+/m1/s1. The maximum absolute atomic E-state index is 12.4. The number of anilines is 1. The molecule has 1 aromatic carbocycles. The van der Waals surface area contributed by atoms with Crippen LogP contribution in [0, 0.1) is 11.8 Å². The van der Waals surface area contributed by atoms with Crippen LogP contribution in [-0.2, 0) is 14.3 Å². The second-order valence-corrected chi connectivity index (χ2v) is 5.45. The third-order valence-electron chi connectivity index (χ3n) is 4.01. The lowest BCUT2D eigenvalue weighted by atomic mass is 9.82. The van der Waals surface area contributed by atoms with Crippen molar-refractivity contribution in [1.82, 2.24) is 0 Å². The van der Waals surface area contributed by atoms with Gasteiger partial charge in [0, 0.05) is 23.1 Å². The lowest BCUT2D eigenvalue weighted by molar-refractivity contribution is -0.313. The van der Waals surface area contributed by atoms with Crippen molar-refractivity contribution in [3.05, 3.63) is 42.0 Å². The number of ketones is 1. The molecular formula is C16H14NO5-. The first-order valence-corrected chi connectivity index (χ1v) is 6.94. The number of hydrogen-bond acceptors (Lipinski definition) is 5. The van der Waals surface area contributed by atoms with Crippen LogP contribution >= 0.6 is 0 Å². The Morgan fingerprint density at radius 3 is 2.45 bits per heavy atom. The van der Waals surface area contributed by atoms with Crippen LogP contribution in [0.2, 0.25) is 0 Å². The van der Waals surface area contributed by atoms with Crippen LogP contribution in [0.4, 0.5) is 5.69 Å². The Kier molecular flexibility index (Phi) is 3.54. The topological polar surface area (TPSA) is 95.5 Å². The number of amides is 1. The van der Waals surface area contributed by atoms with Gasteiger partial charge in [-0.1, -0.05) is 24.3 Å². The second-order valence-electron chi connectivity index (χ2n) is 5.45. The van der Waals surface area contributed by atoms with E-state index in [2.05, 4.69) is 5.32 Å². The molecule has 3 rings (SSSR count). The van der Waals surface area contributed by atoms with Gasteiger partial charge in [-0.05, 0) is 19.1 Å². The normalized spacial score (nSPS) is 28.6. The number of aliphatic carboxylic acids is 1. The van der Waals surface area contributed by atoms with Gasteiger partial charge in [0.05, 0.1) is 18.1 Å². The van der Waals surface area contributed by atoms with E-state index in [1.807, 2.05) is 0 Å². The average molecular weight is 300 g/mol. The van der Waals surface area contributed by atoms with Gasteiger partial charge in [-0.2, -0.15) is 0 Å². The quantitative estimate of drug-likeness (QED) is 0.630. The number of Topliss-reactive ketones (excluding diaryl/α,β-unsaturated/α-hetero) is 1. The van der Waals surface area contributed by atoms with E-state index in [-0.39, 0.29) is 5.78 Å². The zero-order chi connectivity index (χ0) is 15.9. The fraction of sp³-hybridized carbons (Fsp3) is 0.312. The molecule has 1 amide bonds. The van der Waals surface area contributed by atoms with Crippen molar-refractivity contribution in [2.75, 3.05) is 5.32 Å². The van der Waals surface area contributed by atoms with E-state index in [1.165, 1.54) is 6.92 Å². The molecule has 1 aromatic rings. The highest BCUT2D eigenvalue weighted by molar-refractivity contribution is 5.99. The monoisotopic (exact) mass is 300 g/mol. The van der Waals surface area contributed by atoms with E-state index >= 15 is 0 Å². The maximum Gasteiger partial charge on any atom is 0.231 e. The maximum atomic E-state index is 12.4. The Morgan fingerprint density at radius 2 is 1.82 bits per heavy atom. The third-order valence-corrected chi connectivity index (χ3v) is 4.01. The Balaban J connectivity index is 1.80. The minimum absolute atomic E-state index is 0.116. The lowest BCUT2D eigenvalue weighted by Gasteiger charge is -2.25. The number of rotatable bonds is 4. The molecule has 1 saturated heterocycles. The van der Waals surface area contributed by atoms with Crippen LogP contribution in [0.3, 0.4) is 0 Å². The molecule has 0 aliphatic carbocycles. The van der Waals surface area contributed by atoms with E-state index < -0.39 is 35.9 Å². The smallest absolute Gasteiger partial charge is 0.231 e. The zero-order valence-electron chi connectivity index (χ0n) is 11.8. The molecule has 2 aliphatic heterocycles. The van der Waals surface area contributed by atoms with Gasteiger partial charge in [0.15, 0.2) is 5.78 Å². The van der Waals surface area contributed by atoms with Gasteiger partial charge in [-0.25, -0.2) is 0 Å². The molecule has 2 heterocycles. The van der Waals surface area contributed by atoms with Gasteiger partial charge in [-0.15, -0.1) is 0 Å². The van der Waals surface area contributed by atoms with Crippen LogP contribution in [0.15, 0.2) is 36.4 Å². The first-order chi connectivity index (χ1) is 10.5. The molecule has 0 aromatic heterocycles. The van der Waals surface area contributed by atoms with Crippen molar-refractivity contribution in [3.8, 4) is 0 Å². The molecular weight excluding hydrogens is 286 g/mol. The summed E-state index contributed by atoms with van der Waals surface area (Å²) in [5, 5.41) is 13.9. The molecule has 2 bridgehead atoms. The van der Waals surface area contributed by atoms with Crippen molar-refractivity contribution in [3.63, 3.8) is 0 Å². The molecule has 1 N–H and O–H groups in total. The first-order valence-electron chi connectivity index (χ1n) is 6.94. The predicted molar refractivity (Wildman–Crippen MR) is 74.9 cm³/mol. The van der Waals surface area contributed by atoms with Crippen LogP contribution < -0.4 is 10.4 Å². The van der Waals surface area contributed by atoms with Crippen molar-refractivity contribution < 1.29 is 24.2 Å². The number of carboxylic acid groups (broad SMARTS) is 1. The van der Waals surface area contributed by atoms with Gasteiger partial charge in [0.1, 0.15) is 0 Å². The molecule has 114 valence electrons. The summed E-state index contributed by atoms with van der Waals surface area (Å²) in [6.45, 7) is 1.43. The number of ether oxygens (including phenoxy) is 1. The highest BCUT2D eigenvalue weighted by Crippen LogP contribution is 2.39. The predicted octanol–water partition coefficient (Wildman–Crippen LogP) is 0.147. The number of carbonyl (C=O) groups excluding carboxylic acids is 3. The molecule has 4 atom stereocenters. The number of carbonyl (C=O) groups is 3. The third kappa shape index (κ3) is 2.42. The minimum atomic E-state index is -1.30. The molecule has 22 heavy (non-hydrogen) atoms. The number of hydrogen-bond donors (Lipinski definition) is 1. The number of fused-ring (bicyclic) bond motifs is 2. The van der Waals surface area contributed by atoms with E-state index in [0.717, 1.165) is 0 Å². The summed E-state index contributed by atoms with van der Waals surface area (Å²) < 4.78 is 5.43. The summed E-state index contributed by atoms with van der Waals surface area (Å²) >= 11 is 0. The molecule has 1 fully saturated rings. The average Bonchev–Trinajstić information content (AvgIpc) is 3.07. The molecule has 0 unspecified atom stereocenters. The number of carboxylic acids is 1. The zero-order valence-corrected chi connectivity index (χ0v) is 11.8. The van der Waals surface area contributed by atoms with E-state index in [4.69, 9.17) is 4.74 Å². The highest BCUT2D eigenvalue weighted by atomic mass is 16.5. The Bertz CT molecular complexity index is 681. The Labute approximate surface area is 126 Å². The van der Waals surface area contributed by atoms with Gasteiger partial charge in [-0.3, -0.25) is 9.59 Å². The van der Waals surface area contributed by atoms with Gasteiger partial charge in [0.2, 0.25) is 5.91 Å². The highest BCUT2D eigenvalue weighted by Gasteiger charge is 2.50. The number of nitrogens with one attached hydrogen (secondary N) is 1. The van der Waals surface area contributed by atoms with Crippen LogP contribution in [0.1, 0.15) is 17.3 Å². The molecule has 0 radical (unpaired) electrons. The van der Waals surface area contributed by atoms with Crippen molar-refractivity contribution in [1.29, 1.82) is 0 Å². The molecule has 6 nitrogen and oxygen atoms in total. The minimum Gasteiger partial charge on any atom is -0.550 e.